The number of anilines is 1. The minimum absolute atomic E-state index is 0.285. The van der Waals surface area contributed by atoms with Crippen molar-refractivity contribution in [3.8, 4) is 0 Å². The summed E-state index contributed by atoms with van der Waals surface area (Å²) in [6.45, 7) is 1.80. The lowest BCUT2D eigenvalue weighted by molar-refractivity contribution is -0.125. The third kappa shape index (κ3) is 3.05. The van der Waals surface area contributed by atoms with E-state index in [0.29, 0.717) is 16.4 Å². The first-order valence-corrected chi connectivity index (χ1v) is 7.03. The number of nitrogens with one attached hydrogen (secondary N) is 1. The Bertz CT molecular complexity index is 716. The molecule has 8 heteroatoms. The molecule has 0 bridgehead atoms. The van der Waals surface area contributed by atoms with E-state index >= 15 is 0 Å². The van der Waals surface area contributed by atoms with Crippen molar-refractivity contribution in [2.24, 2.45) is 5.16 Å². The molecule has 108 valence electrons. The molecule has 0 saturated heterocycles. The molecular formula is C13H11FN4O2S. The maximum Gasteiger partial charge on any atom is 0.270 e. The number of rotatable bonds is 3. The molecule has 0 aliphatic carbocycles. The maximum absolute atomic E-state index is 13.2. The lowest BCUT2D eigenvalue weighted by atomic mass is 10.0. The fraction of sp³-hybridized carbons (Fsp3) is 0.231. The molecular weight excluding hydrogens is 295 g/mol. The smallest absolute Gasteiger partial charge is 0.270 e. The quantitative estimate of drug-likeness (QED) is 0.942. The molecule has 1 atom stereocenters. The number of carbonyl (C=O) groups is 1. The molecule has 0 saturated carbocycles. The van der Waals surface area contributed by atoms with E-state index in [-0.39, 0.29) is 18.1 Å². The van der Waals surface area contributed by atoms with Crippen molar-refractivity contribution in [1.29, 1.82) is 0 Å². The van der Waals surface area contributed by atoms with E-state index < -0.39 is 6.10 Å². The van der Waals surface area contributed by atoms with Crippen LogP contribution in [0.4, 0.5) is 9.52 Å². The number of benzene rings is 1. The number of aryl methyl sites for hydroxylation is 1. The van der Waals surface area contributed by atoms with E-state index in [2.05, 4.69) is 20.7 Å². The van der Waals surface area contributed by atoms with E-state index in [9.17, 15) is 9.18 Å². The second-order valence-electron chi connectivity index (χ2n) is 4.46. The summed E-state index contributed by atoms with van der Waals surface area (Å²) in [5.74, 6) is -0.700. The third-order valence-corrected chi connectivity index (χ3v) is 3.63. The number of nitrogens with zero attached hydrogens (tertiary/aromatic N) is 3. The Balaban J connectivity index is 1.64. The Morgan fingerprint density at radius 1 is 1.48 bits per heavy atom. The molecule has 2 aromatic rings. The lowest BCUT2D eigenvalue weighted by Gasteiger charge is -2.06. The van der Waals surface area contributed by atoms with Gasteiger partial charge in [0.1, 0.15) is 10.8 Å². The highest BCUT2D eigenvalue weighted by Crippen LogP contribution is 2.20. The number of amides is 1. The van der Waals surface area contributed by atoms with Crippen LogP contribution in [0, 0.1) is 12.7 Å². The van der Waals surface area contributed by atoms with Crippen molar-refractivity contribution in [3.63, 3.8) is 0 Å². The van der Waals surface area contributed by atoms with Gasteiger partial charge in [0.25, 0.3) is 5.91 Å². The van der Waals surface area contributed by atoms with E-state index in [0.717, 1.165) is 5.01 Å². The van der Waals surface area contributed by atoms with Crippen LogP contribution in [0.5, 0.6) is 0 Å². The molecule has 1 aliphatic heterocycles. The Hall–Kier alpha value is -2.35. The highest BCUT2D eigenvalue weighted by Gasteiger charge is 2.29. The van der Waals surface area contributed by atoms with Gasteiger partial charge in [-0.1, -0.05) is 28.6 Å². The van der Waals surface area contributed by atoms with E-state index in [4.69, 9.17) is 4.84 Å². The summed E-state index contributed by atoms with van der Waals surface area (Å²) < 4.78 is 13.2. The highest BCUT2D eigenvalue weighted by atomic mass is 32.1. The van der Waals surface area contributed by atoms with Crippen LogP contribution in [-0.4, -0.2) is 27.9 Å². The van der Waals surface area contributed by atoms with Gasteiger partial charge in [0.15, 0.2) is 0 Å². The predicted molar refractivity (Wildman–Crippen MR) is 75.7 cm³/mol. The van der Waals surface area contributed by atoms with Gasteiger partial charge in [0, 0.05) is 12.0 Å². The largest absolute Gasteiger partial charge is 0.382 e. The van der Waals surface area contributed by atoms with Gasteiger partial charge in [0.2, 0.25) is 11.2 Å². The first-order chi connectivity index (χ1) is 10.1. The van der Waals surface area contributed by atoms with E-state index in [1.165, 1.54) is 23.5 Å². The van der Waals surface area contributed by atoms with Crippen molar-refractivity contribution in [2.75, 3.05) is 5.32 Å². The SMILES string of the molecule is Cc1nnc(NC(=O)[C@H]2CC(c3cccc(F)c3)=NO2)s1. The van der Waals surface area contributed by atoms with Crippen molar-refractivity contribution in [3.05, 3.63) is 40.7 Å². The molecule has 1 N–H and O–H groups in total. The second-order valence-corrected chi connectivity index (χ2v) is 5.64. The molecule has 1 aliphatic rings. The second kappa shape index (κ2) is 5.57. The number of carbonyl (C=O) groups excluding carboxylic acids is 1. The van der Waals surface area contributed by atoms with Crippen LogP contribution >= 0.6 is 11.3 Å². The van der Waals surface area contributed by atoms with Gasteiger partial charge in [-0.3, -0.25) is 10.1 Å². The van der Waals surface area contributed by atoms with Crippen molar-refractivity contribution < 1.29 is 14.0 Å². The topological polar surface area (TPSA) is 76.5 Å². The number of halogens is 1. The van der Waals surface area contributed by atoms with Crippen LogP contribution in [0.1, 0.15) is 17.0 Å². The van der Waals surface area contributed by atoms with Crippen LogP contribution in [-0.2, 0) is 9.63 Å². The third-order valence-electron chi connectivity index (χ3n) is 2.88. The predicted octanol–water partition coefficient (Wildman–Crippen LogP) is 2.12. The molecule has 21 heavy (non-hydrogen) atoms. The number of hydrogen-bond acceptors (Lipinski definition) is 6. The molecule has 6 nitrogen and oxygen atoms in total. The van der Waals surface area contributed by atoms with Gasteiger partial charge in [-0.2, -0.15) is 0 Å². The molecule has 1 amide bonds. The monoisotopic (exact) mass is 306 g/mol. The van der Waals surface area contributed by atoms with Crippen molar-refractivity contribution in [1.82, 2.24) is 10.2 Å². The Labute approximate surface area is 123 Å². The van der Waals surface area contributed by atoms with Crippen LogP contribution in [0.3, 0.4) is 0 Å². The van der Waals surface area contributed by atoms with Crippen LogP contribution in [0.15, 0.2) is 29.4 Å². The van der Waals surface area contributed by atoms with Crippen LogP contribution in [0.2, 0.25) is 0 Å². The van der Waals surface area contributed by atoms with Crippen molar-refractivity contribution >= 4 is 28.1 Å². The van der Waals surface area contributed by atoms with E-state index in [1.807, 2.05) is 0 Å². The van der Waals surface area contributed by atoms with Crippen molar-refractivity contribution in [2.45, 2.75) is 19.4 Å². The highest BCUT2D eigenvalue weighted by molar-refractivity contribution is 7.15. The minimum atomic E-state index is -0.743. The van der Waals surface area contributed by atoms with Gasteiger partial charge in [-0.25, -0.2) is 4.39 Å². The van der Waals surface area contributed by atoms with Crippen LogP contribution in [0.25, 0.3) is 0 Å². The fourth-order valence-corrected chi connectivity index (χ4v) is 2.48. The minimum Gasteiger partial charge on any atom is -0.382 e. The number of hydrogen-bond donors (Lipinski definition) is 1. The molecule has 0 spiro atoms. The van der Waals surface area contributed by atoms with E-state index in [1.54, 1.807) is 19.1 Å². The normalized spacial score (nSPS) is 17.2. The van der Waals surface area contributed by atoms with Gasteiger partial charge < -0.3 is 4.84 Å². The zero-order valence-electron chi connectivity index (χ0n) is 11.0. The summed E-state index contributed by atoms with van der Waals surface area (Å²) in [4.78, 5) is 17.1. The standard InChI is InChI=1S/C13H11FN4O2S/c1-7-16-17-13(21-7)15-12(19)11-6-10(18-20-11)8-3-2-4-9(14)5-8/h2-5,11H,6H2,1H3,(H,15,17,19)/t11-/m1/s1. The molecule has 1 aromatic heterocycles. The summed E-state index contributed by atoms with van der Waals surface area (Å²) in [6, 6.07) is 6.02. The molecule has 3 rings (SSSR count). The molecule has 1 aromatic carbocycles. The maximum atomic E-state index is 13.2. The number of aromatic nitrogens is 2. The number of oxime groups is 1. The lowest BCUT2D eigenvalue weighted by Crippen LogP contribution is -2.28. The van der Waals surface area contributed by atoms with Gasteiger partial charge >= 0.3 is 0 Å². The van der Waals surface area contributed by atoms with Gasteiger partial charge in [-0.15, -0.1) is 10.2 Å². The average molecular weight is 306 g/mol. The summed E-state index contributed by atoms with van der Waals surface area (Å²) in [5.41, 5.74) is 1.15. The first kappa shape index (κ1) is 13.6. The van der Waals surface area contributed by atoms with Crippen LogP contribution < -0.4 is 5.32 Å². The Kier molecular flexibility index (Phi) is 3.61. The summed E-state index contributed by atoms with van der Waals surface area (Å²) >= 11 is 1.28. The van der Waals surface area contributed by atoms with Gasteiger partial charge in [-0.05, 0) is 19.1 Å². The molecule has 2 heterocycles. The zero-order chi connectivity index (χ0) is 14.8. The summed E-state index contributed by atoms with van der Waals surface area (Å²) in [7, 11) is 0. The summed E-state index contributed by atoms with van der Waals surface area (Å²) in [6.07, 6.45) is -0.458. The fourth-order valence-electron chi connectivity index (χ4n) is 1.89. The first-order valence-electron chi connectivity index (χ1n) is 6.21. The molecule has 0 unspecified atom stereocenters. The summed E-state index contributed by atoms with van der Waals surface area (Å²) in [5, 5.41) is 15.3. The Morgan fingerprint density at radius 2 is 2.33 bits per heavy atom. The average Bonchev–Trinajstić information content (AvgIpc) is 3.08. The molecule has 0 radical (unpaired) electrons. The van der Waals surface area contributed by atoms with Gasteiger partial charge in [0.05, 0.1) is 5.71 Å². The molecule has 0 fully saturated rings. The Morgan fingerprint density at radius 3 is 3.05 bits per heavy atom. The zero-order valence-corrected chi connectivity index (χ0v) is 11.9.